The highest BCUT2D eigenvalue weighted by Gasteiger charge is 2.49. The normalized spacial score (nSPS) is 22.1. The average molecular weight is 399 g/mol. The van der Waals surface area contributed by atoms with Crippen LogP contribution in [0.3, 0.4) is 0 Å². The third-order valence-electron chi connectivity index (χ3n) is 5.60. The van der Waals surface area contributed by atoms with Gasteiger partial charge in [-0.2, -0.15) is 0 Å². The Morgan fingerprint density at radius 3 is 2.36 bits per heavy atom. The maximum absolute atomic E-state index is 14.5. The molecule has 28 heavy (non-hydrogen) atoms. The van der Waals surface area contributed by atoms with E-state index in [2.05, 4.69) is 6.07 Å². The van der Waals surface area contributed by atoms with Gasteiger partial charge in [-0.1, -0.05) is 23.7 Å². The summed E-state index contributed by atoms with van der Waals surface area (Å²) in [7, 11) is 0. The molecule has 0 amide bonds. The van der Waals surface area contributed by atoms with Gasteiger partial charge in [-0.05, 0) is 93.5 Å². The molecule has 2 aliphatic rings. The fourth-order valence-electron chi connectivity index (χ4n) is 4.09. The lowest BCUT2D eigenvalue weighted by atomic mass is 9.88. The molecule has 0 atom stereocenters. The molecule has 4 heteroatoms. The topological polar surface area (TPSA) is 26.3 Å². The van der Waals surface area contributed by atoms with Crippen molar-refractivity contribution in [2.75, 3.05) is 0 Å². The van der Waals surface area contributed by atoms with E-state index in [4.69, 9.17) is 16.3 Å². The molecule has 0 N–H and O–H groups in total. The van der Waals surface area contributed by atoms with Crippen LogP contribution in [0.25, 0.3) is 17.2 Å². The summed E-state index contributed by atoms with van der Waals surface area (Å²) in [6.07, 6.45) is 4.23. The van der Waals surface area contributed by atoms with E-state index in [-0.39, 0.29) is 11.6 Å². The minimum Gasteiger partial charge on any atom is -0.357 e. The largest absolute Gasteiger partial charge is 0.357 e. The van der Waals surface area contributed by atoms with Gasteiger partial charge in [-0.25, -0.2) is 4.39 Å². The quantitative estimate of drug-likeness (QED) is 0.547. The van der Waals surface area contributed by atoms with Crippen LogP contribution in [-0.2, 0) is 9.53 Å². The van der Waals surface area contributed by atoms with E-state index < -0.39 is 11.2 Å². The molecule has 2 aromatic rings. The standard InChI is InChI=1S/C24H24ClFO2/c1-23(2)20(22(27)24(3,4)28-23)12-16-11-15(7-9-18(16)14-5-6-14)19-10-8-17(25)13-21(19)26/h7-14H,5-6H2,1-4H3/b20-12-. The monoisotopic (exact) mass is 398 g/mol. The van der Waals surface area contributed by atoms with Gasteiger partial charge in [0.1, 0.15) is 11.4 Å². The summed E-state index contributed by atoms with van der Waals surface area (Å²) in [5.74, 6) is 0.152. The van der Waals surface area contributed by atoms with Crippen molar-refractivity contribution < 1.29 is 13.9 Å². The summed E-state index contributed by atoms with van der Waals surface area (Å²) in [5.41, 5.74) is 2.60. The van der Waals surface area contributed by atoms with E-state index >= 15 is 0 Å². The number of rotatable bonds is 3. The first kappa shape index (κ1) is 19.4. The summed E-state index contributed by atoms with van der Waals surface area (Å²) in [6, 6.07) is 10.7. The minimum absolute atomic E-state index is 0.00215. The molecule has 0 unspecified atom stereocenters. The minimum atomic E-state index is -0.838. The zero-order valence-electron chi connectivity index (χ0n) is 16.6. The SMILES string of the molecule is CC1(C)OC(C)(C)/C(=C\c2cc(-c3ccc(Cl)cc3F)ccc2C2CC2)C1=O. The first-order chi connectivity index (χ1) is 13.1. The molecule has 146 valence electrons. The van der Waals surface area contributed by atoms with E-state index in [0.29, 0.717) is 22.1 Å². The molecule has 2 nitrogen and oxygen atoms in total. The number of ether oxygens (including phenoxy) is 1. The second-order valence-electron chi connectivity index (χ2n) is 8.75. The zero-order valence-corrected chi connectivity index (χ0v) is 17.4. The molecule has 4 rings (SSSR count). The molecule has 0 aromatic heterocycles. The van der Waals surface area contributed by atoms with Crippen LogP contribution in [0.5, 0.6) is 0 Å². The maximum Gasteiger partial charge on any atom is 0.192 e. The lowest BCUT2D eigenvalue weighted by molar-refractivity contribution is -0.132. The number of Topliss-reactive ketones (excluding diaryl/α,β-unsaturated/α-hetero) is 1. The van der Waals surface area contributed by atoms with Gasteiger partial charge in [-0.3, -0.25) is 4.79 Å². The Balaban J connectivity index is 1.85. The lowest BCUT2D eigenvalue weighted by Gasteiger charge is -2.22. The lowest BCUT2D eigenvalue weighted by Crippen LogP contribution is -2.29. The van der Waals surface area contributed by atoms with E-state index in [9.17, 15) is 9.18 Å². The van der Waals surface area contributed by atoms with Crippen LogP contribution in [0, 0.1) is 5.82 Å². The predicted octanol–water partition coefficient (Wildman–Crippen LogP) is 6.56. The highest BCUT2D eigenvalue weighted by Crippen LogP contribution is 2.45. The van der Waals surface area contributed by atoms with Gasteiger partial charge in [-0.15, -0.1) is 0 Å². The Hall–Kier alpha value is -1.97. The molecular formula is C24H24ClFO2. The molecule has 1 saturated heterocycles. The summed E-state index contributed by atoms with van der Waals surface area (Å²) in [5, 5.41) is 0.371. The van der Waals surface area contributed by atoms with Gasteiger partial charge in [0.05, 0.1) is 5.60 Å². The first-order valence-electron chi connectivity index (χ1n) is 9.65. The van der Waals surface area contributed by atoms with Crippen LogP contribution in [0.4, 0.5) is 4.39 Å². The van der Waals surface area contributed by atoms with Crippen molar-refractivity contribution in [3.05, 3.63) is 63.9 Å². The van der Waals surface area contributed by atoms with Crippen molar-refractivity contribution in [2.45, 2.75) is 57.7 Å². The highest BCUT2D eigenvalue weighted by molar-refractivity contribution is 6.30. The van der Waals surface area contributed by atoms with E-state index in [1.54, 1.807) is 26.0 Å². The van der Waals surface area contributed by atoms with Gasteiger partial charge in [0.2, 0.25) is 0 Å². The third-order valence-corrected chi connectivity index (χ3v) is 5.83. The molecule has 0 spiro atoms. The van der Waals surface area contributed by atoms with Crippen molar-refractivity contribution in [1.29, 1.82) is 0 Å². The maximum atomic E-state index is 14.5. The van der Waals surface area contributed by atoms with Crippen LogP contribution < -0.4 is 0 Å². The van der Waals surface area contributed by atoms with Crippen LogP contribution in [0.2, 0.25) is 5.02 Å². The molecule has 1 aliphatic carbocycles. The van der Waals surface area contributed by atoms with Crippen molar-refractivity contribution in [1.82, 2.24) is 0 Å². The van der Waals surface area contributed by atoms with E-state index in [1.807, 2.05) is 32.1 Å². The van der Waals surface area contributed by atoms with Crippen molar-refractivity contribution in [3.8, 4) is 11.1 Å². The van der Waals surface area contributed by atoms with Gasteiger partial charge < -0.3 is 4.74 Å². The molecule has 1 aliphatic heterocycles. The number of hydrogen-bond acceptors (Lipinski definition) is 2. The summed E-state index contributed by atoms with van der Waals surface area (Å²) < 4.78 is 20.5. The van der Waals surface area contributed by atoms with E-state index in [1.165, 1.54) is 11.6 Å². The summed E-state index contributed by atoms with van der Waals surface area (Å²) in [6.45, 7) is 7.45. The Kier molecular flexibility index (Phi) is 4.52. The predicted molar refractivity (Wildman–Crippen MR) is 111 cm³/mol. The number of carbonyl (C=O) groups is 1. The van der Waals surface area contributed by atoms with Gasteiger partial charge >= 0.3 is 0 Å². The molecular weight excluding hydrogens is 375 g/mol. The fraction of sp³-hybridized carbons (Fsp3) is 0.375. The van der Waals surface area contributed by atoms with Crippen molar-refractivity contribution in [2.24, 2.45) is 0 Å². The second-order valence-corrected chi connectivity index (χ2v) is 9.19. The van der Waals surface area contributed by atoms with Crippen molar-refractivity contribution in [3.63, 3.8) is 0 Å². The first-order valence-corrected chi connectivity index (χ1v) is 10.0. The second kappa shape index (κ2) is 6.53. The van der Waals surface area contributed by atoms with Crippen molar-refractivity contribution >= 4 is 23.5 Å². The number of benzene rings is 2. The van der Waals surface area contributed by atoms with E-state index in [0.717, 1.165) is 24.0 Å². The third kappa shape index (κ3) is 3.42. The number of halogens is 2. The zero-order chi connectivity index (χ0) is 20.3. The number of ketones is 1. The Morgan fingerprint density at radius 2 is 1.79 bits per heavy atom. The smallest absolute Gasteiger partial charge is 0.192 e. The Labute approximate surface area is 170 Å². The van der Waals surface area contributed by atoms with Gasteiger partial charge in [0.25, 0.3) is 0 Å². The number of carbonyl (C=O) groups excluding carboxylic acids is 1. The molecule has 1 saturated carbocycles. The molecule has 2 fully saturated rings. The van der Waals surface area contributed by atoms with Gasteiger partial charge in [0.15, 0.2) is 5.78 Å². The average Bonchev–Trinajstić information content (AvgIpc) is 3.40. The molecule has 0 radical (unpaired) electrons. The Bertz CT molecular complexity index is 1000. The summed E-state index contributed by atoms with van der Waals surface area (Å²) >= 11 is 5.90. The van der Waals surface area contributed by atoms with Crippen LogP contribution >= 0.6 is 11.6 Å². The van der Waals surface area contributed by atoms with Crippen LogP contribution in [0.1, 0.15) is 57.6 Å². The van der Waals surface area contributed by atoms with Gasteiger partial charge in [0, 0.05) is 16.2 Å². The highest BCUT2D eigenvalue weighted by atomic mass is 35.5. The molecule has 2 aromatic carbocycles. The summed E-state index contributed by atoms with van der Waals surface area (Å²) in [4.78, 5) is 12.9. The fourth-order valence-corrected chi connectivity index (χ4v) is 4.25. The molecule has 0 bridgehead atoms. The Morgan fingerprint density at radius 1 is 1.07 bits per heavy atom. The number of hydrogen-bond donors (Lipinski definition) is 0. The van der Waals surface area contributed by atoms with Crippen LogP contribution in [0.15, 0.2) is 42.0 Å². The molecule has 1 heterocycles. The van der Waals surface area contributed by atoms with Crippen LogP contribution in [-0.4, -0.2) is 17.0 Å².